The summed E-state index contributed by atoms with van der Waals surface area (Å²) in [6.07, 6.45) is 8.53. The smallest absolute Gasteiger partial charge is 0.126 e. The Balaban J connectivity index is 2.14. The lowest BCUT2D eigenvalue weighted by atomic mass is 9.91. The van der Waals surface area contributed by atoms with Crippen LogP contribution in [0.4, 0.5) is 4.39 Å². The van der Waals surface area contributed by atoms with Crippen molar-refractivity contribution in [1.82, 2.24) is 5.32 Å². The molecule has 19 heavy (non-hydrogen) atoms. The molecule has 1 nitrogen and oxygen atoms in total. The van der Waals surface area contributed by atoms with Crippen LogP contribution in [-0.2, 0) is 0 Å². The van der Waals surface area contributed by atoms with Gasteiger partial charge in [-0.25, -0.2) is 4.39 Å². The zero-order chi connectivity index (χ0) is 13.7. The first-order valence-electron chi connectivity index (χ1n) is 7.38. The highest BCUT2D eigenvalue weighted by molar-refractivity contribution is 5.28. The van der Waals surface area contributed by atoms with Gasteiger partial charge >= 0.3 is 0 Å². The fourth-order valence-corrected chi connectivity index (χ4v) is 2.79. The molecule has 1 aliphatic carbocycles. The van der Waals surface area contributed by atoms with Gasteiger partial charge < -0.3 is 5.32 Å². The van der Waals surface area contributed by atoms with Crippen molar-refractivity contribution in [3.63, 3.8) is 0 Å². The fraction of sp³-hybridized carbons (Fsp3) is 0.529. The summed E-state index contributed by atoms with van der Waals surface area (Å²) >= 11 is 0. The molecule has 1 aromatic carbocycles. The minimum absolute atomic E-state index is 0.115. The summed E-state index contributed by atoms with van der Waals surface area (Å²) in [5, 5.41) is 3.53. The van der Waals surface area contributed by atoms with Crippen LogP contribution in [0.5, 0.6) is 0 Å². The number of rotatable bonds is 5. The SMILES string of the molecule is CCNC(CC1=CCCCC1)c1ccc(F)c(C)c1. The van der Waals surface area contributed by atoms with Crippen LogP contribution >= 0.6 is 0 Å². The third kappa shape index (κ3) is 3.90. The number of aryl methyl sites for hydroxylation is 1. The molecule has 2 heteroatoms. The van der Waals surface area contributed by atoms with Crippen LogP contribution in [0.3, 0.4) is 0 Å². The third-order valence-electron chi connectivity index (χ3n) is 3.89. The zero-order valence-corrected chi connectivity index (χ0v) is 12.0. The van der Waals surface area contributed by atoms with Crippen LogP contribution in [0.1, 0.15) is 56.2 Å². The fourth-order valence-electron chi connectivity index (χ4n) is 2.79. The molecule has 0 saturated carbocycles. The van der Waals surface area contributed by atoms with E-state index in [4.69, 9.17) is 0 Å². The lowest BCUT2D eigenvalue weighted by molar-refractivity contribution is 0.525. The van der Waals surface area contributed by atoms with E-state index >= 15 is 0 Å². The Morgan fingerprint density at radius 1 is 1.32 bits per heavy atom. The molecule has 0 aliphatic heterocycles. The van der Waals surface area contributed by atoms with Crippen molar-refractivity contribution < 1.29 is 4.39 Å². The van der Waals surface area contributed by atoms with Crippen molar-refractivity contribution in [2.24, 2.45) is 0 Å². The van der Waals surface area contributed by atoms with Crippen LogP contribution in [0.2, 0.25) is 0 Å². The first-order chi connectivity index (χ1) is 9.20. The highest BCUT2D eigenvalue weighted by Crippen LogP contribution is 2.28. The van der Waals surface area contributed by atoms with Crippen molar-refractivity contribution in [3.8, 4) is 0 Å². The second-order valence-corrected chi connectivity index (χ2v) is 5.43. The Hall–Kier alpha value is -1.15. The molecule has 0 spiro atoms. The van der Waals surface area contributed by atoms with E-state index in [9.17, 15) is 4.39 Å². The van der Waals surface area contributed by atoms with Gasteiger partial charge in [0.15, 0.2) is 0 Å². The first-order valence-corrected chi connectivity index (χ1v) is 7.38. The van der Waals surface area contributed by atoms with E-state index in [1.807, 2.05) is 19.1 Å². The molecule has 0 radical (unpaired) electrons. The number of benzene rings is 1. The number of hydrogen-bond acceptors (Lipinski definition) is 1. The Morgan fingerprint density at radius 2 is 2.16 bits per heavy atom. The summed E-state index contributed by atoms with van der Waals surface area (Å²) in [6, 6.07) is 5.80. The summed E-state index contributed by atoms with van der Waals surface area (Å²) in [6.45, 7) is 4.90. The van der Waals surface area contributed by atoms with E-state index in [-0.39, 0.29) is 5.82 Å². The summed E-state index contributed by atoms with van der Waals surface area (Å²) in [7, 11) is 0. The standard InChI is InChI=1S/C17H24FN/c1-3-19-17(12-14-7-5-4-6-8-14)15-9-10-16(18)13(2)11-15/h7,9-11,17,19H,3-6,8,12H2,1-2H3. The van der Waals surface area contributed by atoms with Crippen LogP contribution in [0.25, 0.3) is 0 Å². The Kier molecular flexibility index (Phi) is 5.15. The van der Waals surface area contributed by atoms with Gasteiger partial charge in [-0.1, -0.05) is 30.7 Å². The molecule has 1 unspecified atom stereocenters. The molecule has 1 aromatic rings. The maximum atomic E-state index is 13.4. The molecule has 0 bridgehead atoms. The maximum Gasteiger partial charge on any atom is 0.126 e. The normalized spacial score (nSPS) is 17.1. The van der Waals surface area contributed by atoms with Crippen LogP contribution < -0.4 is 5.32 Å². The molecule has 0 aromatic heterocycles. The minimum Gasteiger partial charge on any atom is -0.310 e. The summed E-state index contributed by atoms with van der Waals surface area (Å²) in [5.41, 5.74) is 3.49. The zero-order valence-electron chi connectivity index (χ0n) is 12.0. The lowest BCUT2D eigenvalue weighted by Crippen LogP contribution is -2.22. The second kappa shape index (κ2) is 6.85. The molecule has 0 heterocycles. The number of nitrogens with one attached hydrogen (secondary N) is 1. The van der Waals surface area contributed by atoms with Crippen molar-refractivity contribution >= 4 is 0 Å². The second-order valence-electron chi connectivity index (χ2n) is 5.43. The largest absolute Gasteiger partial charge is 0.310 e. The van der Waals surface area contributed by atoms with Gasteiger partial charge in [-0.05, 0) is 62.8 Å². The van der Waals surface area contributed by atoms with Crippen molar-refractivity contribution in [3.05, 3.63) is 46.8 Å². The number of allylic oxidation sites excluding steroid dienone is 1. The van der Waals surface area contributed by atoms with E-state index < -0.39 is 0 Å². The monoisotopic (exact) mass is 261 g/mol. The van der Waals surface area contributed by atoms with Crippen LogP contribution in [0, 0.1) is 12.7 Å². The summed E-state index contributed by atoms with van der Waals surface area (Å²) in [4.78, 5) is 0. The van der Waals surface area contributed by atoms with Crippen molar-refractivity contribution in [2.45, 2.75) is 52.0 Å². The van der Waals surface area contributed by atoms with Crippen molar-refractivity contribution in [2.75, 3.05) is 6.54 Å². The Bertz CT molecular complexity index is 451. The minimum atomic E-state index is -0.115. The average Bonchev–Trinajstić information content (AvgIpc) is 2.43. The molecule has 104 valence electrons. The molecular weight excluding hydrogens is 237 g/mol. The van der Waals surface area contributed by atoms with Gasteiger partial charge in [0.25, 0.3) is 0 Å². The molecule has 1 N–H and O–H groups in total. The first kappa shape index (κ1) is 14.3. The molecular formula is C17H24FN. The summed E-state index contributed by atoms with van der Waals surface area (Å²) in [5.74, 6) is -0.115. The molecule has 1 aliphatic rings. The summed E-state index contributed by atoms with van der Waals surface area (Å²) < 4.78 is 13.4. The molecule has 1 atom stereocenters. The average molecular weight is 261 g/mol. The van der Waals surface area contributed by atoms with E-state index in [0.717, 1.165) is 18.5 Å². The Morgan fingerprint density at radius 3 is 2.79 bits per heavy atom. The predicted molar refractivity (Wildman–Crippen MR) is 78.7 cm³/mol. The van der Waals surface area contributed by atoms with Gasteiger partial charge in [0.05, 0.1) is 0 Å². The third-order valence-corrected chi connectivity index (χ3v) is 3.89. The van der Waals surface area contributed by atoms with Gasteiger partial charge in [-0.15, -0.1) is 0 Å². The molecule has 0 amide bonds. The predicted octanol–water partition coefficient (Wildman–Crippen LogP) is 4.68. The topological polar surface area (TPSA) is 12.0 Å². The van der Waals surface area contributed by atoms with Crippen molar-refractivity contribution in [1.29, 1.82) is 0 Å². The maximum absolute atomic E-state index is 13.4. The van der Waals surface area contributed by atoms with Gasteiger partial charge in [0.2, 0.25) is 0 Å². The van der Waals surface area contributed by atoms with Gasteiger partial charge in [-0.3, -0.25) is 0 Å². The lowest BCUT2D eigenvalue weighted by Gasteiger charge is -2.22. The molecule has 0 fully saturated rings. The highest BCUT2D eigenvalue weighted by atomic mass is 19.1. The van der Waals surface area contributed by atoms with Gasteiger partial charge in [0, 0.05) is 6.04 Å². The highest BCUT2D eigenvalue weighted by Gasteiger charge is 2.15. The van der Waals surface area contributed by atoms with Crippen LogP contribution in [-0.4, -0.2) is 6.54 Å². The van der Waals surface area contributed by atoms with E-state index in [1.54, 1.807) is 11.6 Å². The quantitative estimate of drug-likeness (QED) is 0.759. The van der Waals surface area contributed by atoms with Crippen LogP contribution in [0.15, 0.2) is 29.8 Å². The van der Waals surface area contributed by atoms with E-state index in [1.165, 1.54) is 31.2 Å². The van der Waals surface area contributed by atoms with E-state index in [0.29, 0.717) is 6.04 Å². The van der Waals surface area contributed by atoms with Gasteiger partial charge in [-0.2, -0.15) is 0 Å². The molecule has 0 saturated heterocycles. The van der Waals surface area contributed by atoms with Gasteiger partial charge in [0.1, 0.15) is 5.82 Å². The van der Waals surface area contributed by atoms with E-state index in [2.05, 4.69) is 18.3 Å². The number of hydrogen-bond donors (Lipinski definition) is 1. The Labute approximate surface area is 115 Å². The number of halogens is 1. The molecule has 2 rings (SSSR count).